The van der Waals surface area contributed by atoms with E-state index in [2.05, 4.69) is 42.2 Å². The molecule has 1 spiro atoms. The largest absolute Gasteiger partial charge is 0.504 e. The van der Waals surface area contributed by atoms with Crippen LogP contribution in [-0.2, 0) is 23.1 Å². The number of nitrogens with zero attached hydrogens (tertiary/aromatic N) is 1. The van der Waals surface area contributed by atoms with Gasteiger partial charge in [0.1, 0.15) is 0 Å². The molecule has 2 aromatic carbocycles. The topological polar surface area (TPSA) is 49.8 Å². The Morgan fingerprint density at radius 2 is 1.94 bits per heavy atom. The Morgan fingerprint density at radius 3 is 2.69 bits per heavy atom. The van der Waals surface area contributed by atoms with E-state index in [-0.39, 0.29) is 29.4 Å². The van der Waals surface area contributed by atoms with Crippen LogP contribution in [0.1, 0.15) is 62.1 Å². The minimum atomic E-state index is -0.456. The van der Waals surface area contributed by atoms with Crippen LogP contribution >= 0.6 is 12.4 Å². The van der Waals surface area contributed by atoms with Crippen LogP contribution < -0.4 is 4.74 Å². The minimum Gasteiger partial charge on any atom is -0.504 e. The number of hydrogen-bond acceptors (Lipinski definition) is 4. The first kappa shape index (κ1) is 23.4. The average molecular weight is 494 g/mol. The molecule has 3 fully saturated rings. The number of aryl methyl sites for hydroxylation is 1. The Morgan fingerprint density at radius 1 is 1.14 bits per heavy atom. The second kappa shape index (κ2) is 8.24. The smallest absolute Gasteiger partial charge is 0.180 e. The standard InChI is InChI=1S/C30H35NO3.ClH/c1-29(13-12-19-6-3-2-4-7-19)17-22-23-16-21-10-11-24(32)26-25(21)30(22,28(34-26)27(29)33)14-15-31(23)18-20-8-5-9-20;/h2-4,6-7,10-11,20,22-23,28,32H,5,8-9,12-18H2,1H3;1H/t22?,23?,28?,29-,30?;/m1./s1. The monoisotopic (exact) mass is 493 g/mol. The Bertz CT molecular complexity index is 1150. The quantitative estimate of drug-likeness (QED) is 0.600. The van der Waals surface area contributed by atoms with Gasteiger partial charge in [-0.15, -0.1) is 12.4 Å². The fourth-order valence-corrected chi connectivity index (χ4v) is 8.21. The lowest BCUT2D eigenvalue weighted by Crippen LogP contribution is -2.69. The number of aromatic hydroxyl groups is 1. The molecule has 35 heavy (non-hydrogen) atoms. The third-order valence-electron chi connectivity index (χ3n) is 10.3. The van der Waals surface area contributed by atoms with Crippen molar-refractivity contribution in [3.05, 3.63) is 59.2 Å². The van der Waals surface area contributed by atoms with Gasteiger partial charge in [-0.25, -0.2) is 0 Å². The number of likely N-dealkylation sites (tertiary alicyclic amines) is 1. The number of hydrogen-bond donors (Lipinski definition) is 1. The van der Waals surface area contributed by atoms with Gasteiger partial charge in [0, 0.05) is 29.0 Å². The number of benzene rings is 2. The summed E-state index contributed by atoms with van der Waals surface area (Å²) in [7, 11) is 0. The third-order valence-corrected chi connectivity index (χ3v) is 10.3. The van der Waals surface area contributed by atoms with Crippen LogP contribution in [0.15, 0.2) is 42.5 Å². The molecule has 2 aliphatic heterocycles. The molecule has 3 aliphatic carbocycles. The average Bonchev–Trinajstić information content (AvgIpc) is 3.16. The summed E-state index contributed by atoms with van der Waals surface area (Å²) in [6.45, 7) is 4.44. The van der Waals surface area contributed by atoms with E-state index in [4.69, 9.17) is 4.74 Å². The van der Waals surface area contributed by atoms with Crippen LogP contribution in [0.2, 0.25) is 0 Å². The molecule has 4 unspecified atom stereocenters. The SMILES string of the molecule is C[C@@]1(CCc2ccccc2)CC2C3Cc4ccc(O)c5c4C2(CCN3CC2CCC2)C(O5)C1=O.Cl. The summed E-state index contributed by atoms with van der Waals surface area (Å²) in [5.74, 6) is 2.32. The van der Waals surface area contributed by atoms with Crippen molar-refractivity contribution in [2.45, 2.75) is 75.9 Å². The van der Waals surface area contributed by atoms with E-state index in [9.17, 15) is 9.90 Å². The van der Waals surface area contributed by atoms with Crippen molar-refractivity contribution >= 4 is 18.2 Å². The van der Waals surface area contributed by atoms with Crippen LogP contribution in [0, 0.1) is 17.3 Å². The Kier molecular flexibility index (Phi) is 5.50. The summed E-state index contributed by atoms with van der Waals surface area (Å²) >= 11 is 0. The molecule has 4 nitrogen and oxygen atoms in total. The summed E-state index contributed by atoms with van der Waals surface area (Å²) in [6.07, 6.45) is 8.34. The molecule has 5 heteroatoms. The van der Waals surface area contributed by atoms with Crippen molar-refractivity contribution in [1.29, 1.82) is 0 Å². The summed E-state index contributed by atoms with van der Waals surface area (Å²) in [5, 5.41) is 10.7. The molecule has 2 heterocycles. The molecule has 2 aromatic rings. The molecular formula is C30H36ClNO3. The number of phenols is 1. The maximum atomic E-state index is 14.2. The highest BCUT2D eigenvalue weighted by Gasteiger charge is 2.69. The van der Waals surface area contributed by atoms with Gasteiger partial charge in [0.05, 0.1) is 0 Å². The Balaban J connectivity index is 0.00000229. The molecule has 0 aromatic heterocycles. The lowest BCUT2D eigenvalue weighted by atomic mass is 9.47. The second-order valence-corrected chi connectivity index (χ2v) is 12.0. The second-order valence-electron chi connectivity index (χ2n) is 12.0. The van der Waals surface area contributed by atoms with Gasteiger partial charge in [-0.3, -0.25) is 9.69 Å². The molecule has 1 N–H and O–H groups in total. The fraction of sp³-hybridized carbons (Fsp3) is 0.567. The molecular weight excluding hydrogens is 458 g/mol. The highest BCUT2D eigenvalue weighted by Crippen LogP contribution is 2.66. The van der Waals surface area contributed by atoms with E-state index >= 15 is 0 Å². The van der Waals surface area contributed by atoms with Gasteiger partial charge >= 0.3 is 0 Å². The molecule has 7 rings (SSSR count). The van der Waals surface area contributed by atoms with Gasteiger partial charge in [-0.2, -0.15) is 0 Å². The first-order valence-corrected chi connectivity index (χ1v) is 13.3. The molecule has 5 atom stereocenters. The number of Topliss-reactive ketones (excluding diaryl/α,β-unsaturated/α-hetero) is 1. The zero-order chi connectivity index (χ0) is 23.1. The molecule has 186 valence electrons. The molecule has 0 amide bonds. The van der Waals surface area contributed by atoms with Gasteiger partial charge in [-0.05, 0) is 80.5 Å². The highest BCUT2D eigenvalue weighted by molar-refractivity contribution is 5.93. The normalized spacial score (nSPS) is 35.0. The maximum Gasteiger partial charge on any atom is 0.180 e. The van der Waals surface area contributed by atoms with Gasteiger partial charge < -0.3 is 9.84 Å². The Hall–Kier alpha value is -2.04. The van der Waals surface area contributed by atoms with Crippen molar-refractivity contribution in [2.75, 3.05) is 13.1 Å². The van der Waals surface area contributed by atoms with Crippen molar-refractivity contribution < 1.29 is 14.6 Å². The number of rotatable bonds is 5. The van der Waals surface area contributed by atoms with Crippen LogP contribution in [0.3, 0.4) is 0 Å². The Labute approximate surface area is 214 Å². The van der Waals surface area contributed by atoms with Crippen molar-refractivity contribution in [2.24, 2.45) is 17.3 Å². The predicted molar refractivity (Wildman–Crippen MR) is 138 cm³/mol. The number of carbonyl (C=O) groups excluding carboxylic acids is 1. The number of ether oxygens (including phenoxy) is 1. The first-order chi connectivity index (χ1) is 16.5. The van der Waals surface area contributed by atoms with Gasteiger partial charge in [-0.1, -0.05) is 49.7 Å². The summed E-state index contributed by atoms with van der Waals surface area (Å²) < 4.78 is 6.50. The summed E-state index contributed by atoms with van der Waals surface area (Å²) in [4.78, 5) is 17.0. The maximum absolute atomic E-state index is 14.2. The highest BCUT2D eigenvalue weighted by atomic mass is 35.5. The van der Waals surface area contributed by atoms with Crippen LogP contribution in [-0.4, -0.2) is 41.0 Å². The lowest BCUT2D eigenvalue weighted by molar-refractivity contribution is -0.155. The molecule has 2 bridgehead atoms. The molecule has 1 saturated heterocycles. The lowest BCUT2D eigenvalue weighted by Gasteiger charge is -2.61. The van der Waals surface area contributed by atoms with E-state index in [0.29, 0.717) is 17.7 Å². The van der Waals surface area contributed by atoms with E-state index in [1.165, 1.54) is 42.5 Å². The van der Waals surface area contributed by atoms with Crippen LogP contribution in [0.25, 0.3) is 0 Å². The molecule has 2 saturated carbocycles. The third kappa shape index (κ3) is 3.25. The minimum absolute atomic E-state index is 0. The van der Waals surface area contributed by atoms with Gasteiger partial charge in [0.15, 0.2) is 23.4 Å². The number of carbonyl (C=O) groups is 1. The fourth-order valence-electron chi connectivity index (χ4n) is 8.21. The van der Waals surface area contributed by atoms with E-state index in [1.807, 2.05) is 6.07 Å². The number of halogens is 1. The molecule has 5 aliphatic rings. The van der Waals surface area contributed by atoms with Gasteiger partial charge in [0.25, 0.3) is 0 Å². The summed E-state index contributed by atoms with van der Waals surface area (Å²) in [5.41, 5.74) is 3.12. The zero-order valence-corrected chi connectivity index (χ0v) is 21.4. The van der Waals surface area contributed by atoms with Crippen LogP contribution in [0.4, 0.5) is 0 Å². The van der Waals surface area contributed by atoms with Gasteiger partial charge in [0.2, 0.25) is 0 Å². The van der Waals surface area contributed by atoms with E-state index < -0.39 is 11.5 Å². The van der Waals surface area contributed by atoms with Crippen molar-refractivity contribution in [1.82, 2.24) is 4.90 Å². The summed E-state index contributed by atoms with van der Waals surface area (Å²) in [6, 6.07) is 14.9. The number of piperidine rings is 1. The predicted octanol–water partition coefficient (Wildman–Crippen LogP) is 5.47. The van der Waals surface area contributed by atoms with Crippen molar-refractivity contribution in [3.8, 4) is 11.5 Å². The number of ketones is 1. The van der Waals surface area contributed by atoms with Crippen LogP contribution in [0.5, 0.6) is 11.5 Å². The molecule has 0 radical (unpaired) electrons. The van der Waals surface area contributed by atoms with E-state index in [1.54, 1.807) is 6.07 Å². The van der Waals surface area contributed by atoms with Crippen molar-refractivity contribution in [3.63, 3.8) is 0 Å². The van der Waals surface area contributed by atoms with E-state index in [0.717, 1.165) is 44.6 Å². The first-order valence-electron chi connectivity index (χ1n) is 13.3. The number of phenolic OH excluding ortho intramolecular Hbond substituents is 1. The zero-order valence-electron chi connectivity index (χ0n) is 20.5.